The first-order chi connectivity index (χ1) is 12.6. The summed E-state index contributed by atoms with van der Waals surface area (Å²) in [6.07, 6.45) is 2.07. The van der Waals surface area contributed by atoms with Gasteiger partial charge < -0.3 is 5.11 Å². The van der Waals surface area contributed by atoms with Gasteiger partial charge in [0.05, 0.1) is 5.56 Å². The monoisotopic (exact) mass is 367 g/mol. The third-order valence-corrected chi connectivity index (χ3v) is 5.90. The first-order valence-electron chi connectivity index (χ1n) is 8.52. The van der Waals surface area contributed by atoms with E-state index in [2.05, 4.69) is 0 Å². The second-order valence-electron chi connectivity index (χ2n) is 6.49. The van der Waals surface area contributed by atoms with Crippen LogP contribution in [0.4, 0.5) is 5.69 Å². The minimum atomic E-state index is -1.04. The summed E-state index contributed by atoms with van der Waals surface area (Å²) in [5, 5.41) is 11.2. The van der Waals surface area contributed by atoms with Crippen LogP contribution >= 0.6 is 11.3 Å². The van der Waals surface area contributed by atoms with E-state index in [4.69, 9.17) is 0 Å². The Morgan fingerprint density at radius 3 is 2.73 bits per heavy atom. The van der Waals surface area contributed by atoms with Gasteiger partial charge in [0.25, 0.3) is 0 Å². The van der Waals surface area contributed by atoms with Crippen molar-refractivity contribution in [3.05, 3.63) is 63.5 Å². The lowest BCUT2D eigenvalue weighted by Crippen LogP contribution is -2.40. The molecule has 2 heterocycles. The number of hydrogen-bond donors (Lipinski definition) is 1. The molecule has 0 spiro atoms. The van der Waals surface area contributed by atoms with Gasteiger partial charge in [-0.05, 0) is 42.5 Å². The first kappa shape index (κ1) is 16.7. The highest BCUT2D eigenvalue weighted by Gasteiger charge is 2.40. The van der Waals surface area contributed by atoms with Crippen molar-refractivity contribution < 1.29 is 19.5 Å². The summed E-state index contributed by atoms with van der Waals surface area (Å²) in [5.41, 5.74) is 2.10. The Hall–Kier alpha value is -2.73. The summed E-state index contributed by atoms with van der Waals surface area (Å²) in [7, 11) is 0. The Bertz CT molecular complexity index is 929. The molecule has 2 aliphatic rings. The lowest BCUT2D eigenvalue weighted by atomic mass is 9.79. The van der Waals surface area contributed by atoms with Crippen LogP contribution in [0.25, 0.3) is 0 Å². The summed E-state index contributed by atoms with van der Waals surface area (Å²) in [6, 6.07) is 10.2. The lowest BCUT2D eigenvalue weighted by Gasteiger charge is -2.38. The van der Waals surface area contributed by atoms with Crippen molar-refractivity contribution in [1.29, 1.82) is 0 Å². The quantitative estimate of drug-likeness (QED) is 0.891. The zero-order valence-corrected chi connectivity index (χ0v) is 14.8. The van der Waals surface area contributed by atoms with E-state index in [9.17, 15) is 19.5 Å². The number of ketones is 1. The molecule has 0 fully saturated rings. The fourth-order valence-electron chi connectivity index (χ4n) is 3.80. The maximum absolute atomic E-state index is 13.0. The van der Waals surface area contributed by atoms with Crippen LogP contribution < -0.4 is 4.90 Å². The molecule has 1 N–H and O–H groups in total. The van der Waals surface area contributed by atoms with Crippen molar-refractivity contribution in [2.24, 2.45) is 0 Å². The molecule has 132 valence electrons. The normalized spacial score (nSPS) is 20.3. The second kappa shape index (κ2) is 6.53. The number of amides is 1. The molecule has 1 aromatic carbocycles. The molecule has 0 radical (unpaired) electrons. The number of aromatic carboxylic acids is 1. The van der Waals surface area contributed by atoms with Crippen LogP contribution in [0, 0.1) is 0 Å². The fraction of sp³-hybridized carbons (Fsp3) is 0.250. The Morgan fingerprint density at radius 2 is 2.00 bits per heavy atom. The number of Topliss-reactive ketones (excluding diaryl/α,β-unsaturated/α-hetero) is 1. The van der Waals surface area contributed by atoms with Crippen LogP contribution in [-0.4, -0.2) is 22.8 Å². The number of carboxylic acid groups (broad SMARTS) is 1. The number of carbonyl (C=O) groups is 3. The molecule has 1 aliphatic carbocycles. The average Bonchev–Trinajstić information content (AvgIpc) is 3.15. The molecule has 1 aromatic heterocycles. The molecule has 26 heavy (non-hydrogen) atoms. The van der Waals surface area contributed by atoms with Crippen LogP contribution in [0.1, 0.15) is 46.8 Å². The predicted molar refractivity (Wildman–Crippen MR) is 98.4 cm³/mol. The summed E-state index contributed by atoms with van der Waals surface area (Å²) in [6.45, 7) is 0. The van der Waals surface area contributed by atoms with Crippen molar-refractivity contribution in [1.82, 2.24) is 0 Å². The van der Waals surface area contributed by atoms with Crippen molar-refractivity contribution in [2.75, 3.05) is 4.90 Å². The molecule has 5 nitrogen and oxygen atoms in total. The predicted octanol–water partition coefficient (Wildman–Crippen LogP) is 3.97. The van der Waals surface area contributed by atoms with E-state index in [1.807, 2.05) is 17.5 Å². The fourth-order valence-corrected chi connectivity index (χ4v) is 4.64. The Kier molecular flexibility index (Phi) is 4.20. The van der Waals surface area contributed by atoms with Gasteiger partial charge in [-0.3, -0.25) is 14.5 Å². The van der Waals surface area contributed by atoms with E-state index >= 15 is 0 Å². The number of hydrogen-bond acceptors (Lipinski definition) is 4. The van der Waals surface area contributed by atoms with Crippen LogP contribution in [0.5, 0.6) is 0 Å². The number of benzene rings is 1. The largest absolute Gasteiger partial charge is 0.478 e. The summed E-state index contributed by atoms with van der Waals surface area (Å²) >= 11 is 1.56. The van der Waals surface area contributed by atoms with Crippen LogP contribution in [-0.2, 0) is 9.59 Å². The smallest absolute Gasteiger partial charge is 0.335 e. The molecule has 1 atom stereocenters. The van der Waals surface area contributed by atoms with Gasteiger partial charge >= 0.3 is 5.97 Å². The maximum Gasteiger partial charge on any atom is 0.335 e. The summed E-state index contributed by atoms with van der Waals surface area (Å²) in [5.74, 6) is -1.23. The van der Waals surface area contributed by atoms with Gasteiger partial charge in [-0.15, -0.1) is 11.3 Å². The van der Waals surface area contributed by atoms with Crippen molar-refractivity contribution >= 4 is 34.7 Å². The lowest BCUT2D eigenvalue weighted by molar-refractivity contribution is -0.119. The summed E-state index contributed by atoms with van der Waals surface area (Å²) < 4.78 is 0. The van der Waals surface area contributed by atoms with Gasteiger partial charge in [0, 0.05) is 40.6 Å². The molecular formula is C20H17NO4S. The highest BCUT2D eigenvalue weighted by atomic mass is 32.1. The Morgan fingerprint density at radius 1 is 1.15 bits per heavy atom. The molecule has 0 bridgehead atoms. The molecule has 1 amide bonds. The van der Waals surface area contributed by atoms with E-state index < -0.39 is 5.97 Å². The van der Waals surface area contributed by atoms with Gasteiger partial charge in [-0.25, -0.2) is 4.79 Å². The third kappa shape index (κ3) is 2.76. The highest BCUT2D eigenvalue weighted by molar-refractivity contribution is 7.10. The van der Waals surface area contributed by atoms with Gasteiger partial charge in [0.15, 0.2) is 5.78 Å². The SMILES string of the molecule is O=C1CCCC2=C1C(c1cccs1)CC(=O)N2c1cccc(C(=O)O)c1. The minimum absolute atomic E-state index is 0.0940. The number of carbonyl (C=O) groups excluding carboxylic acids is 2. The van der Waals surface area contributed by atoms with Crippen LogP contribution in [0.2, 0.25) is 0 Å². The molecule has 6 heteroatoms. The molecule has 4 rings (SSSR count). The highest BCUT2D eigenvalue weighted by Crippen LogP contribution is 2.44. The molecule has 0 saturated heterocycles. The molecule has 0 saturated carbocycles. The van der Waals surface area contributed by atoms with E-state index in [0.29, 0.717) is 24.9 Å². The van der Waals surface area contributed by atoms with E-state index in [-0.39, 0.29) is 29.6 Å². The minimum Gasteiger partial charge on any atom is -0.478 e. The Balaban J connectivity index is 1.86. The topological polar surface area (TPSA) is 74.7 Å². The van der Waals surface area contributed by atoms with E-state index in [1.165, 1.54) is 12.1 Å². The van der Waals surface area contributed by atoms with Crippen molar-refractivity contribution in [2.45, 2.75) is 31.6 Å². The van der Waals surface area contributed by atoms with E-state index in [1.54, 1.807) is 28.4 Å². The van der Waals surface area contributed by atoms with Gasteiger partial charge in [0.2, 0.25) is 5.91 Å². The number of carboxylic acids is 1. The number of nitrogens with zero attached hydrogens (tertiary/aromatic N) is 1. The van der Waals surface area contributed by atoms with E-state index in [0.717, 1.165) is 16.1 Å². The number of rotatable bonds is 3. The van der Waals surface area contributed by atoms with Crippen molar-refractivity contribution in [3.8, 4) is 0 Å². The van der Waals surface area contributed by atoms with Gasteiger partial charge in [0.1, 0.15) is 0 Å². The first-order valence-corrected chi connectivity index (χ1v) is 9.40. The van der Waals surface area contributed by atoms with Crippen LogP contribution in [0.3, 0.4) is 0 Å². The zero-order valence-electron chi connectivity index (χ0n) is 14.0. The molecule has 1 aliphatic heterocycles. The van der Waals surface area contributed by atoms with Gasteiger partial charge in [-0.2, -0.15) is 0 Å². The number of allylic oxidation sites excluding steroid dienone is 2. The van der Waals surface area contributed by atoms with Gasteiger partial charge in [-0.1, -0.05) is 12.1 Å². The number of anilines is 1. The second-order valence-corrected chi connectivity index (χ2v) is 7.47. The number of thiophene rings is 1. The zero-order chi connectivity index (χ0) is 18.3. The standard InChI is InChI=1S/C20H17NO4S/c22-16-7-2-6-15-19(16)14(17-8-3-9-26-17)11-18(23)21(15)13-5-1-4-12(10-13)20(24)25/h1,3-5,8-10,14H,2,6-7,11H2,(H,24,25). The molecule has 2 aromatic rings. The molecular weight excluding hydrogens is 350 g/mol. The average molecular weight is 367 g/mol. The molecule has 1 unspecified atom stereocenters. The third-order valence-electron chi connectivity index (χ3n) is 4.91. The maximum atomic E-state index is 13.0. The van der Waals surface area contributed by atoms with Crippen molar-refractivity contribution in [3.63, 3.8) is 0 Å². The Labute approximate surface area is 154 Å². The summed E-state index contributed by atoms with van der Waals surface area (Å²) in [4.78, 5) is 39.6. The van der Waals surface area contributed by atoms with Crippen LogP contribution in [0.15, 0.2) is 53.0 Å².